The Kier molecular flexibility index (Phi) is 6.09. The summed E-state index contributed by atoms with van der Waals surface area (Å²) in [6.45, 7) is 10.6. The molecule has 0 aromatic carbocycles. The van der Waals surface area contributed by atoms with Gasteiger partial charge < -0.3 is 9.88 Å². The Hall–Kier alpha value is -1.02. The first-order valence-electron chi connectivity index (χ1n) is 9.00. The standard InChI is InChI=1S/C17H26N6S.ClH/c1-12(2)17-19-9-14(24-17)11-22-6-3-13(4-7-22)16-21-20-15-10-18-5-8-23(15)16;/h9,12-13,18H,3-8,10-11H2,1-2H3;1H. The van der Waals surface area contributed by atoms with Crippen LogP contribution < -0.4 is 5.32 Å². The lowest BCUT2D eigenvalue weighted by molar-refractivity contribution is 0.201. The molecular weight excluding hydrogens is 356 g/mol. The van der Waals surface area contributed by atoms with E-state index < -0.39 is 0 Å². The van der Waals surface area contributed by atoms with Gasteiger partial charge in [-0.2, -0.15) is 0 Å². The summed E-state index contributed by atoms with van der Waals surface area (Å²) in [6, 6.07) is 0. The molecule has 25 heavy (non-hydrogen) atoms. The lowest BCUT2D eigenvalue weighted by Gasteiger charge is -2.31. The van der Waals surface area contributed by atoms with E-state index in [2.05, 4.69) is 50.0 Å². The van der Waals surface area contributed by atoms with Crippen LogP contribution in [0.4, 0.5) is 0 Å². The monoisotopic (exact) mass is 382 g/mol. The van der Waals surface area contributed by atoms with E-state index in [-0.39, 0.29) is 12.4 Å². The zero-order valence-corrected chi connectivity index (χ0v) is 16.6. The summed E-state index contributed by atoms with van der Waals surface area (Å²) in [5.74, 6) is 3.41. The van der Waals surface area contributed by atoms with Crippen LogP contribution in [0.25, 0.3) is 0 Å². The minimum Gasteiger partial charge on any atom is -0.312 e. The minimum absolute atomic E-state index is 0. The zero-order chi connectivity index (χ0) is 16.5. The van der Waals surface area contributed by atoms with E-state index in [4.69, 9.17) is 0 Å². The Morgan fingerprint density at radius 1 is 1.24 bits per heavy atom. The van der Waals surface area contributed by atoms with Gasteiger partial charge in [-0.15, -0.1) is 33.9 Å². The van der Waals surface area contributed by atoms with Gasteiger partial charge in [0.1, 0.15) is 11.6 Å². The lowest BCUT2D eigenvalue weighted by Crippen LogP contribution is -2.34. The Labute approximate surface area is 159 Å². The molecule has 8 heteroatoms. The van der Waals surface area contributed by atoms with Crippen molar-refractivity contribution in [2.75, 3.05) is 19.6 Å². The third-order valence-corrected chi connectivity index (χ3v) is 6.33. The molecule has 0 atom stereocenters. The molecule has 0 spiro atoms. The lowest BCUT2D eigenvalue weighted by atomic mass is 9.95. The molecule has 0 radical (unpaired) electrons. The highest BCUT2D eigenvalue weighted by molar-refractivity contribution is 7.11. The molecule has 0 saturated carbocycles. The fourth-order valence-corrected chi connectivity index (χ4v) is 4.61. The molecule has 0 bridgehead atoms. The number of hydrogen-bond acceptors (Lipinski definition) is 6. The van der Waals surface area contributed by atoms with Crippen LogP contribution in [-0.2, 0) is 19.6 Å². The normalized spacial score (nSPS) is 19.0. The van der Waals surface area contributed by atoms with Crippen molar-refractivity contribution in [3.63, 3.8) is 0 Å². The first kappa shape index (κ1) is 18.8. The van der Waals surface area contributed by atoms with Crippen molar-refractivity contribution in [1.29, 1.82) is 0 Å². The van der Waals surface area contributed by atoms with Gasteiger partial charge in [-0.05, 0) is 25.9 Å². The number of piperidine rings is 1. The minimum atomic E-state index is 0. The average molecular weight is 383 g/mol. The average Bonchev–Trinajstić information content (AvgIpc) is 3.23. The molecule has 1 N–H and O–H groups in total. The van der Waals surface area contributed by atoms with Gasteiger partial charge in [-0.3, -0.25) is 4.90 Å². The Balaban J connectivity index is 0.00000182. The predicted molar refractivity (Wildman–Crippen MR) is 102 cm³/mol. The van der Waals surface area contributed by atoms with E-state index in [1.807, 2.05) is 11.3 Å². The number of fused-ring (bicyclic) bond motifs is 1. The largest absolute Gasteiger partial charge is 0.312 e. The highest BCUT2D eigenvalue weighted by Crippen LogP contribution is 2.29. The molecule has 0 aliphatic carbocycles. The number of halogens is 1. The SMILES string of the molecule is CC(C)c1ncc(CN2CCC(c3nnc4n3CCNC4)CC2)s1.Cl. The molecule has 2 aromatic heterocycles. The smallest absolute Gasteiger partial charge is 0.147 e. The van der Waals surface area contributed by atoms with E-state index in [9.17, 15) is 0 Å². The second-order valence-corrected chi connectivity index (χ2v) is 8.32. The van der Waals surface area contributed by atoms with E-state index in [1.54, 1.807) is 0 Å². The number of rotatable bonds is 4. The second kappa shape index (κ2) is 8.12. The number of hydrogen-bond donors (Lipinski definition) is 1. The fourth-order valence-electron chi connectivity index (χ4n) is 3.65. The van der Waals surface area contributed by atoms with Crippen LogP contribution in [-0.4, -0.2) is 44.3 Å². The first-order valence-corrected chi connectivity index (χ1v) is 9.82. The maximum Gasteiger partial charge on any atom is 0.147 e. The maximum absolute atomic E-state index is 4.55. The van der Waals surface area contributed by atoms with Crippen molar-refractivity contribution in [2.45, 2.75) is 58.2 Å². The van der Waals surface area contributed by atoms with Gasteiger partial charge in [0.05, 0.1) is 11.6 Å². The van der Waals surface area contributed by atoms with Crippen molar-refractivity contribution >= 4 is 23.7 Å². The van der Waals surface area contributed by atoms with Crippen LogP contribution in [0.15, 0.2) is 6.20 Å². The first-order chi connectivity index (χ1) is 11.7. The molecular formula is C17H27ClN6S. The highest BCUT2D eigenvalue weighted by atomic mass is 35.5. The Morgan fingerprint density at radius 2 is 2.04 bits per heavy atom. The number of aromatic nitrogens is 4. The van der Waals surface area contributed by atoms with Crippen LogP contribution in [0, 0.1) is 0 Å². The van der Waals surface area contributed by atoms with E-state index >= 15 is 0 Å². The number of thiazole rings is 1. The quantitative estimate of drug-likeness (QED) is 0.881. The number of nitrogens with zero attached hydrogens (tertiary/aromatic N) is 5. The molecule has 6 nitrogen and oxygen atoms in total. The van der Waals surface area contributed by atoms with Crippen molar-refractivity contribution < 1.29 is 0 Å². The molecule has 0 unspecified atom stereocenters. The van der Waals surface area contributed by atoms with Gasteiger partial charge in [-0.1, -0.05) is 13.8 Å². The molecule has 2 aliphatic rings. The summed E-state index contributed by atoms with van der Waals surface area (Å²) in [5, 5.41) is 13.5. The molecule has 4 heterocycles. The van der Waals surface area contributed by atoms with Crippen molar-refractivity contribution in [3.8, 4) is 0 Å². The fraction of sp³-hybridized carbons (Fsp3) is 0.706. The predicted octanol–water partition coefficient (Wildman–Crippen LogP) is 2.76. The summed E-state index contributed by atoms with van der Waals surface area (Å²) in [4.78, 5) is 8.50. The summed E-state index contributed by atoms with van der Waals surface area (Å²) in [5.41, 5.74) is 0. The van der Waals surface area contributed by atoms with Crippen LogP contribution >= 0.6 is 23.7 Å². The Morgan fingerprint density at radius 3 is 2.76 bits per heavy atom. The third kappa shape index (κ3) is 4.05. The second-order valence-electron chi connectivity index (χ2n) is 7.17. The van der Waals surface area contributed by atoms with Gasteiger partial charge in [0, 0.05) is 42.5 Å². The van der Waals surface area contributed by atoms with Crippen molar-refractivity contribution in [2.24, 2.45) is 0 Å². The molecule has 1 fully saturated rings. The molecule has 0 amide bonds. The summed E-state index contributed by atoms with van der Waals surface area (Å²) < 4.78 is 2.34. The van der Waals surface area contributed by atoms with Gasteiger partial charge >= 0.3 is 0 Å². The van der Waals surface area contributed by atoms with Gasteiger partial charge in [-0.25, -0.2) is 4.98 Å². The summed E-state index contributed by atoms with van der Waals surface area (Å²) >= 11 is 1.87. The van der Waals surface area contributed by atoms with Crippen LogP contribution in [0.1, 0.15) is 60.1 Å². The summed E-state index contributed by atoms with van der Waals surface area (Å²) in [6.07, 6.45) is 4.43. The van der Waals surface area contributed by atoms with Crippen LogP contribution in [0.5, 0.6) is 0 Å². The third-order valence-electron chi connectivity index (χ3n) is 5.05. The van der Waals surface area contributed by atoms with Crippen LogP contribution in [0.3, 0.4) is 0 Å². The zero-order valence-electron chi connectivity index (χ0n) is 14.9. The van der Waals surface area contributed by atoms with E-state index in [0.29, 0.717) is 11.8 Å². The molecule has 1 saturated heterocycles. The summed E-state index contributed by atoms with van der Waals surface area (Å²) in [7, 11) is 0. The molecule has 4 rings (SSSR count). The van der Waals surface area contributed by atoms with Crippen molar-refractivity contribution in [3.05, 3.63) is 27.7 Å². The topological polar surface area (TPSA) is 58.9 Å². The van der Waals surface area contributed by atoms with E-state index in [0.717, 1.165) is 45.1 Å². The number of likely N-dealkylation sites (tertiary alicyclic amines) is 1. The van der Waals surface area contributed by atoms with Gasteiger partial charge in [0.25, 0.3) is 0 Å². The van der Waals surface area contributed by atoms with Gasteiger partial charge in [0.15, 0.2) is 0 Å². The molecule has 2 aromatic rings. The molecule has 2 aliphatic heterocycles. The van der Waals surface area contributed by atoms with Crippen LogP contribution in [0.2, 0.25) is 0 Å². The highest BCUT2D eigenvalue weighted by Gasteiger charge is 2.27. The van der Waals surface area contributed by atoms with E-state index in [1.165, 1.54) is 28.6 Å². The van der Waals surface area contributed by atoms with Crippen molar-refractivity contribution in [1.82, 2.24) is 30.0 Å². The number of nitrogens with one attached hydrogen (secondary N) is 1. The maximum atomic E-state index is 4.55. The molecule has 138 valence electrons. The van der Waals surface area contributed by atoms with Gasteiger partial charge in [0.2, 0.25) is 0 Å². The Bertz CT molecular complexity index is 689.